The van der Waals surface area contributed by atoms with E-state index < -0.39 is 5.97 Å². The molecule has 0 saturated heterocycles. The highest BCUT2D eigenvalue weighted by Crippen LogP contribution is 2.30. The molecule has 24 heavy (non-hydrogen) atoms. The first-order valence-electron chi connectivity index (χ1n) is 7.00. The second-order valence-corrected chi connectivity index (χ2v) is 5.71. The number of carbonyl (C=O) groups excluding carboxylic acids is 2. The summed E-state index contributed by atoms with van der Waals surface area (Å²) in [5.41, 5.74) is 0.632. The number of amides is 1. The molecule has 2 aromatic rings. The van der Waals surface area contributed by atoms with Crippen molar-refractivity contribution < 1.29 is 24.2 Å². The Morgan fingerprint density at radius 2 is 1.79 bits per heavy atom. The number of hydrogen-bond donors (Lipinski definition) is 1. The number of thioether (sulfide) groups is 1. The first kappa shape index (κ1) is 17.7. The average molecular weight is 346 g/mol. The quantitative estimate of drug-likeness (QED) is 0.769. The second-order valence-electron chi connectivity index (χ2n) is 4.69. The van der Waals surface area contributed by atoms with E-state index in [0.29, 0.717) is 22.1 Å². The number of nitrogens with one attached hydrogen (secondary N) is 1. The van der Waals surface area contributed by atoms with Crippen LogP contribution in [0.15, 0.2) is 47.4 Å². The van der Waals surface area contributed by atoms with Crippen LogP contribution >= 0.6 is 11.8 Å². The van der Waals surface area contributed by atoms with Gasteiger partial charge in [-0.1, -0.05) is 18.2 Å². The van der Waals surface area contributed by atoms with Crippen molar-refractivity contribution in [2.45, 2.75) is 4.90 Å². The predicted molar refractivity (Wildman–Crippen MR) is 89.7 cm³/mol. The molecule has 126 valence electrons. The molecule has 0 saturated carbocycles. The highest BCUT2D eigenvalue weighted by atomic mass is 32.2. The number of aromatic carboxylic acids is 1. The van der Waals surface area contributed by atoms with Crippen LogP contribution in [0, 0.1) is 0 Å². The van der Waals surface area contributed by atoms with E-state index in [9.17, 15) is 14.7 Å². The van der Waals surface area contributed by atoms with Crippen LogP contribution in [-0.4, -0.2) is 31.8 Å². The number of carboxylic acids is 1. The zero-order valence-corrected chi connectivity index (χ0v) is 14.0. The molecule has 0 bridgehead atoms. The molecule has 0 aliphatic carbocycles. The summed E-state index contributed by atoms with van der Waals surface area (Å²) in [6, 6.07) is 11.4. The van der Waals surface area contributed by atoms with E-state index in [1.807, 2.05) is 0 Å². The number of methoxy groups -OCH3 is 2. The van der Waals surface area contributed by atoms with Crippen LogP contribution in [0.25, 0.3) is 0 Å². The maximum absolute atomic E-state index is 12.1. The Morgan fingerprint density at radius 3 is 2.46 bits per heavy atom. The molecule has 0 spiro atoms. The van der Waals surface area contributed by atoms with Gasteiger partial charge in [-0.05, 0) is 18.2 Å². The van der Waals surface area contributed by atoms with Crippen LogP contribution in [0.2, 0.25) is 0 Å². The Hall–Kier alpha value is -2.67. The minimum atomic E-state index is -1.27. The lowest BCUT2D eigenvalue weighted by atomic mass is 10.2. The Kier molecular flexibility index (Phi) is 6.08. The summed E-state index contributed by atoms with van der Waals surface area (Å²) in [5.74, 6) is -0.393. The number of hydrogen-bond acceptors (Lipinski definition) is 6. The number of carboxylic acid groups (broad SMARTS) is 1. The van der Waals surface area contributed by atoms with Crippen LogP contribution in [0.4, 0.5) is 5.69 Å². The van der Waals surface area contributed by atoms with Gasteiger partial charge in [0.15, 0.2) is 11.5 Å². The van der Waals surface area contributed by atoms with Gasteiger partial charge in [0.1, 0.15) is 0 Å². The monoisotopic (exact) mass is 346 g/mol. The smallest absolute Gasteiger partial charge is 0.234 e. The van der Waals surface area contributed by atoms with Crippen molar-refractivity contribution in [2.24, 2.45) is 0 Å². The number of benzene rings is 2. The van der Waals surface area contributed by atoms with Gasteiger partial charge < -0.3 is 24.7 Å². The van der Waals surface area contributed by atoms with Crippen molar-refractivity contribution in [2.75, 3.05) is 25.3 Å². The summed E-state index contributed by atoms with van der Waals surface area (Å²) >= 11 is 1.13. The van der Waals surface area contributed by atoms with Crippen molar-refractivity contribution in [1.29, 1.82) is 0 Å². The summed E-state index contributed by atoms with van der Waals surface area (Å²) in [7, 11) is 3.04. The molecular weight excluding hydrogens is 330 g/mol. The molecule has 1 amide bonds. The second kappa shape index (κ2) is 8.26. The topological polar surface area (TPSA) is 87.7 Å². The molecular formula is C17H16NO5S-. The van der Waals surface area contributed by atoms with Gasteiger partial charge in [0.2, 0.25) is 5.91 Å². The Bertz CT molecular complexity index is 748. The number of rotatable bonds is 7. The highest BCUT2D eigenvalue weighted by Gasteiger charge is 2.09. The van der Waals surface area contributed by atoms with Crippen LogP contribution in [0.1, 0.15) is 10.4 Å². The fraction of sp³-hybridized carbons (Fsp3) is 0.176. The standard InChI is InChI=1S/C17H17NO5S/c1-22-13-8-7-11(9-14(13)23-2)18-16(19)10-24-15-6-4-3-5-12(15)17(20)21/h3-9H,10H2,1-2H3,(H,18,19)(H,20,21)/p-1. The molecule has 0 radical (unpaired) electrons. The lowest BCUT2D eigenvalue weighted by Gasteiger charge is -2.11. The third-order valence-corrected chi connectivity index (χ3v) is 4.21. The molecule has 1 N–H and O–H groups in total. The SMILES string of the molecule is COc1ccc(NC(=O)CSc2ccccc2C(=O)[O-])cc1OC. The van der Waals surface area contributed by atoms with Crippen LogP contribution < -0.4 is 19.9 Å². The first-order valence-corrected chi connectivity index (χ1v) is 7.98. The lowest BCUT2D eigenvalue weighted by molar-refractivity contribution is -0.255. The first-order chi connectivity index (χ1) is 11.5. The zero-order chi connectivity index (χ0) is 17.5. The molecule has 2 rings (SSSR count). The van der Waals surface area contributed by atoms with Crippen molar-refractivity contribution in [3.8, 4) is 11.5 Å². The Labute approximate surface area is 143 Å². The van der Waals surface area contributed by atoms with E-state index in [1.54, 1.807) is 36.4 Å². The van der Waals surface area contributed by atoms with Crippen LogP contribution in [0.3, 0.4) is 0 Å². The van der Waals surface area contributed by atoms with E-state index in [1.165, 1.54) is 20.3 Å². The van der Waals surface area contributed by atoms with E-state index in [0.717, 1.165) is 11.8 Å². The third kappa shape index (κ3) is 4.42. The average Bonchev–Trinajstić information content (AvgIpc) is 2.60. The van der Waals surface area contributed by atoms with Gasteiger partial charge in [0.05, 0.1) is 25.9 Å². The van der Waals surface area contributed by atoms with E-state index in [-0.39, 0.29) is 17.2 Å². The third-order valence-electron chi connectivity index (χ3n) is 3.13. The summed E-state index contributed by atoms with van der Waals surface area (Å²) in [6.45, 7) is 0. The van der Waals surface area contributed by atoms with Crippen molar-refractivity contribution in [1.82, 2.24) is 0 Å². The summed E-state index contributed by atoms with van der Waals surface area (Å²) in [5, 5.41) is 13.8. The van der Waals surface area contributed by atoms with Crippen molar-refractivity contribution >= 4 is 29.3 Å². The minimum Gasteiger partial charge on any atom is -0.545 e. The Morgan fingerprint density at radius 1 is 1.08 bits per heavy atom. The maximum atomic E-state index is 12.1. The summed E-state index contributed by atoms with van der Waals surface area (Å²) in [4.78, 5) is 23.6. The normalized spacial score (nSPS) is 10.1. The van der Waals surface area contributed by atoms with Gasteiger partial charge in [-0.2, -0.15) is 0 Å². The lowest BCUT2D eigenvalue weighted by Crippen LogP contribution is -2.23. The van der Waals surface area contributed by atoms with E-state index >= 15 is 0 Å². The van der Waals surface area contributed by atoms with Crippen LogP contribution in [0.5, 0.6) is 11.5 Å². The number of anilines is 1. The molecule has 2 aromatic carbocycles. The van der Waals surface area contributed by atoms with Crippen molar-refractivity contribution in [3.05, 3.63) is 48.0 Å². The molecule has 6 nitrogen and oxygen atoms in total. The molecule has 0 unspecified atom stereocenters. The number of ether oxygens (including phenoxy) is 2. The molecule has 0 fully saturated rings. The predicted octanol–water partition coefficient (Wildman–Crippen LogP) is 1.80. The van der Waals surface area contributed by atoms with Gasteiger partial charge in [-0.15, -0.1) is 11.8 Å². The molecule has 7 heteroatoms. The summed E-state index contributed by atoms with van der Waals surface area (Å²) in [6.07, 6.45) is 0. The number of carbonyl (C=O) groups is 2. The van der Waals surface area contributed by atoms with Gasteiger partial charge in [-0.3, -0.25) is 4.79 Å². The Balaban J connectivity index is 2.00. The largest absolute Gasteiger partial charge is 0.545 e. The van der Waals surface area contributed by atoms with Crippen molar-refractivity contribution in [3.63, 3.8) is 0 Å². The molecule has 0 aliphatic rings. The fourth-order valence-electron chi connectivity index (χ4n) is 2.02. The summed E-state index contributed by atoms with van der Waals surface area (Å²) < 4.78 is 10.3. The van der Waals surface area contributed by atoms with Gasteiger partial charge in [0, 0.05) is 22.2 Å². The van der Waals surface area contributed by atoms with E-state index in [2.05, 4.69) is 5.32 Å². The fourth-order valence-corrected chi connectivity index (χ4v) is 2.86. The maximum Gasteiger partial charge on any atom is 0.234 e. The highest BCUT2D eigenvalue weighted by molar-refractivity contribution is 8.00. The minimum absolute atomic E-state index is 0.0681. The van der Waals surface area contributed by atoms with Gasteiger partial charge >= 0.3 is 0 Å². The molecule has 0 heterocycles. The molecule has 0 atom stereocenters. The molecule has 0 aliphatic heterocycles. The van der Waals surface area contributed by atoms with Gasteiger partial charge in [0.25, 0.3) is 0 Å². The van der Waals surface area contributed by atoms with E-state index in [4.69, 9.17) is 9.47 Å². The zero-order valence-electron chi connectivity index (χ0n) is 13.2. The van der Waals surface area contributed by atoms with Crippen LogP contribution in [-0.2, 0) is 4.79 Å². The molecule has 0 aromatic heterocycles. The van der Waals surface area contributed by atoms with Gasteiger partial charge in [-0.25, -0.2) is 0 Å².